The van der Waals surface area contributed by atoms with Gasteiger partial charge >= 0.3 is 0 Å². The van der Waals surface area contributed by atoms with Crippen LogP contribution in [0.15, 0.2) is 35.1 Å². The van der Waals surface area contributed by atoms with Crippen molar-refractivity contribution in [3.8, 4) is 5.75 Å². The number of nitrogens with zero attached hydrogens (tertiary/aromatic N) is 2. The Kier molecular flexibility index (Phi) is 6.04. The van der Waals surface area contributed by atoms with E-state index in [9.17, 15) is 9.59 Å². The van der Waals surface area contributed by atoms with Crippen LogP contribution in [0.5, 0.6) is 5.75 Å². The summed E-state index contributed by atoms with van der Waals surface area (Å²) in [7, 11) is 1.63. The molecule has 1 amide bonds. The summed E-state index contributed by atoms with van der Waals surface area (Å²) in [4.78, 5) is 24.4. The number of benzene rings is 1. The third kappa shape index (κ3) is 4.50. The summed E-state index contributed by atoms with van der Waals surface area (Å²) in [6, 6.07) is 9.38. The van der Waals surface area contributed by atoms with Crippen LogP contribution in [0.2, 0.25) is 0 Å². The smallest absolute Gasteiger partial charge is 0.267 e. The third-order valence-corrected chi connectivity index (χ3v) is 4.73. The minimum atomic E-state index is -0.205. The zero-order valence-corrected chi connectivity index (χ0v) is 15.2. The Balaban J connectivity index is 1.58. The van der Waals surface area contributed by atoms with Crippen molar-refractivity contribution in [1.82, 2.24) is 15.1 Å². The molecule has 0 unspecified atom stereocenters. The predicted octanol–water partition coefficient (Wildman–Crippen LogP) is 1.88. The van der Waals surface area contributed by atoms with Gasteiger partial charge < -0.3 is 10.1 Å². The zero-order valence-electron chi connectivity index (χ0n) is 15.2. The molecule has 0 spiro atoms. The average molecular weight is 355 g/mol. The Morgan fingerprint density at radius 2 is 2.04 bits per heavy atom. The van der Waals surface area contributed by atoms with Crippen molar-refractivity contribution in [2.24, 2.45) is 0 Å². The highest BCUT2D eigenvalue weighted by Crippen LogP contribution is 2.18. The lowest BCUT2D eigenvalue weighted by atomic mass is 10.1. The number of aromatic nitrogens is 2. The number of carbonyl (C=O) groups excluding carboxylic acids is 1. The van der Waals surface area contributed by atoms with Crippen molar-refractivity contribution in [3.05, 3.63) is 57.5 Å². The molecule has 0 saturated carbocycles. The number of fused-ring (bicyclic) bond motifs is 1. The number of hydrogen-bond donors (Lipinski definition) is 1. The number of aryl methyl sites for hydroxylation is 2. The normalized spacial score (nSPS) is 13.6. The number of carbonyl (C=O) groups is 1. The first-order chi connectivity index (χ1) is 12.7. The van der Waals surface area contributed by atoms with Crippen LogP contribution in [-0.4, -0.2) is 29.3 Å². The number of para-hydroxylation sites is 1. The molecule has 0 atom stereocenters. The van der Waals surface area contributed by atoms with Crippen molar-refractivity contribution in [1.29, 1.82) is 0 Å². The quantitative estimate of drug-likeness (QED) is 0.803. The highest BCUT2D eigenvalue weighted by molar-refractivity contribution is 5.75. The summed E-state index contributed by atoms with van der Waals surface area (Å²) in [5.41, 5.74) is 2.84. The molecule has 1 aromatic heterocycles. The molecule has 26 heavy (non-hydrogen) atoms. The van der Waals surface area contributed by atoms with Crippen LogP contribution in [0.25, 0.3) is 0 Å². The molecule has 3 rings (SSSR count). The van der Waals surface area contributed by atoms with Gasteiger partial charge in [0.25, 0.3) is 5.56 Å². The second-order valence-corrected chi connectivity index (χ2v) is 6.58. The maximum Gasteiger partial charge on any atom is 0.267 e. The Bertz CT molecular complexity index is 829. The molecule has 6 heteroatoms. The van der Waals surface area contributed by atoms with Crippen LogP contribution in [0.1, 0.15) is 36.1 Å². The fourth-order valence-electron chi connectivity index (χ4n) is 3.33. The van der Waals surface area contributed by atoms with Gasteiger partial charge in [-0.3, -0.25) is 9.59 Å². The fourth-order valence-corrected chi connectivity index (χ4v) is 3.33. The zero-order chi connectivity index (χ0) is 18.4. The van der Waals surface area contributed by atoms with Crippen molar-refractivity contribution < 1.29 is 9.53 Å². The largest absolute Gasteiger partial charge is 0.496 e. The summed E-state index contributed by atoms with van der Waals surface area (Å²) in [6.07, 6.45) is 5.80. The number of hydrogen-bond acceptors (Lipinski definition) is 4. The molecule has 0 radical (unpaired) electrons. The molecular formula is C20H25N3O3. The van der Waals surface area contributed by atoms with E-state index >= 15 is 0 Å². The summed E-state index contributed by atoms with van der Waals surface area (Å²) in [5.74, 6) is 0.605. The van der Waals surface area contributed by atoms with Crippen LogP contribution < -0.4 is 15.6 Å². The lowest BCUT2D eigenvalue weighted by molar-refractivity contribution is -0.121. The van der Waals surface area contributed by atoms with Gasteiger partial charge in [-0.05, 0) is 49.3 Å². The van der Waals surface area contributed by atoms with E-state index in [1.165, 1.54) is 4.68 Å². The Labute approximate surface area is 153 Å². The maximum absolute atomic E-state index is 12.2. The summed E-state index contributed by atoms with van der Waals surface area (Å²) < 4.78 is 6.59. The average Bonchev–Trinajstić information content (AvgIpc) is 2.87. The first-order valence-electron chi connectivity index (χ1n) is 9.16. The van der Waals surface area contributed by atoms with Gasteiger partial charge in [-0.1, -0.05) is 24.6 Å². The van der Waals surface area contributed by atoms with Gasteiger partial charge in [0.1, 0.15) is 12.3 Å². The molecule has 1 aromatic carbocycles. The number of nitrogens with one attached hydrogen (secondary N) is 1. The second-order valence-electron chi connectivity index (χ2n) is 6.58. The molecule has 0 bridgehead atoms. The monoisotopic (exact) mass is 355 g/mol. The molecular weight excluding hydrogens is 330 g/mol. The van der Waals surface area contributed by atoms with Crippen LogP contribution in [0.4, 0.5) is 0 Å². The molecule has 0 saturated heterocycles. The topological polar surface area (TPSA) is 73.2 Å². The third-order valence-electron chi connectivity index (χ3n) is 4.73. The molecule has 1 aliphatic rings. The second kappa shape index (κ2) is 8.65. The molecule has 1 heterocycles. The van der Waals surface area contributed by atoms with E-state index in [0.29, 0.717) is 13.0 Å². The van der Waals surface area contributed by atoms with E-state index in [-0.39, 0.29) is 18.0 Å². The van der Waals surface area contributed by atoms with Crippen LogP contribution in [-0.2, 0) is 30.6 Å². The maximum atomic E-state index is 12.2. The molecule has 0 fully saturated rings. The van der Waals surface area contributed by atoms with Crippen LogP contribution in [0, 0.1) is 0 Å². The summed E-state index contributed by atoms with van der Waals surface area (Å²) in [6.45, 7) is 0.441. The Hall–Kier alpha value is -2.63. The van der Waals surface area contributed by atoms with Crippen LogP contribution in [0.3, 0.4) is 0 Å². The first-order valence-corrected chi connectivity index (χ1v) is 9.16. The van der Waals surface area contributed by atoms with Gasteiger partial charge in [-0.15, -0.1) is 0 Å². The van der Waals surface area contributed by atoms with Crippen molar-refractivity contribution >= 4 is 5.91 Å². The first kappa shape index (κ1) is 18.2. The fraction of sp³-hybridized carbons (Fsp3) is 0.450. The van der Waals surface area contributed by atoms with Crippen molar-refractivity contribution in [3.63, 3.8) is 0 Å². The van der Waals surface area contributed by atoms with Gasteiger partial charge in [0, 0.05) is 12.6 Å². The highest BCUT2D eigenvalue weighted by atomic mass is 16.5. The van der Waals surface area contributed by atoms with Gasteiger partial charge in [0.15, 0.2) is 0 Å². The summed E-state index contributed by atoms with van der Waals surface area (Å²) >= 11 is 0. The SMILES string of the molecule is COc1ccccc1CCNC(=O)Cn1nc2c(cc1=O)CCCCC2. The van der Waals surface area contributed by atoms with E-state index in [2.05, 4.69) is 10.4 Å². The number of methoxy groups -OCH3 is 1. The molecule has 138 valence electrons. The molecule has 1 aliphatic carbocycles. The standard InChI is InChI=1S/C20H25N3O3/c1-26-18-10-6-5-7-15(18)11-12-21-19(24)14-23-20(25)13-16-8-3-2-4-9-17(16)22-23/h5-7,10,13H,2-4,8-9,11-12,14H2,1H3,(H,21,24). The van der Waals surface area contributed by atoms with E-state index in [1.54, 1.807) is 13.2 Å². The van der Waals surface area contributed by atoms with E-state index < -0.39 is 0 Å². The van der Waals surface area contributed by atoms with E-state index in [4.69, 9.17) is 4.74 Å². The number of rotatable bonds is 6. The molecule has 0 aliphatic heterocycles. The highest BCUT2D eigenvalue weighted by Gasteiger charge is 2.14. The number of ether oxygens (including phenoxy) is 1. The lowest BCUT2D eigenvalue weighted by Gasteiger charge is -2.11. The molecule has 6 nitrogen and oxygen atoms in total. The minimum absolute atomic E-state index is 0.0436. The molecule has 2 aromatic rings. The van der Waals surface area contributed by atoms with Crippen molar-refractivity contribution in [2.45, 2.75) is 45.1 Å². The molecule has 1 N–H and O–H groups in total. The van der Waals surface area contributed by atoms with Gasteiger partial charge in [0.2, 0.25) is 5.91 Å². The Morgan fingerprint density at radius 1 is 1.23 bits per heavy atom. The number of amides is 1. The minimum Gasteiger partial charge on any atom is -0.496 e. The van der Waals surface area contributed by atoms with Gasteiger partial charge in [-0.25, -0.2) is 4.68 Å². The Morgan fingerprint density at radius 3 is 2.88 bits per heavy atom. The lowest BCUT2D eigenvalue weighted by Crippen LogP contribution is -2.35. The van der Waals surface area contributed by atoms with Gasteiger partial charge in [0.05, 0.1) is 12.8 Å². The van der Waals surface area contributed by atoms with Gasteiger partial charge in [-0.2, -0.15) is 5.10 Å². The van der Waals surface area contributed by atoms with Crippen LogP contribution >= 0.6 is 0 Å². The van der Waals surface area contributed by atoms with E-state index in [1.807, 2.05) is 24.3 Å². The van der Waals surface area contributed by atoms with Crippen molar-refractivity contribution in [2.75, 3.05) is 13.7 Å². The summed E-state index contributed by atoms with van der Waals surface area (Å²) in [5, 5.41) is 7.29. The predicted molar refractivity (Wildman–Crippen MR) is 99.5 cm³/mol. The van der Waals surface area contributed by atoms with E-state index in [0.717, 1.165) is 54.7 Å².